The number of fused-ring (bicyclic) bond motifs is 1. The summed E-state index contributed by atoms with van der Waals surface area (Å²) in [5.74, 6) is 1.77. The number of nitrogens with one attached hydrogen (secondary N) is 1. The van der Waals surface area contributed by atoms with Crippen molar-refractivity contribution in [3.8, 4) is 5.69 Å². The van der Waals surface area contributed by atoms with E-state index in [0.717, 1.165) is 32.4 Å². The van der Waals surface area contributed by atoms with Gasteiger partial charge in [-0.05, 0) is 30.0 Å². The molecule has 0 saturated heterocycles. The maximum atomic E-state index is 4.89. The fraction of sp³-hybridized carbons (Fsp3) is 0.500. The lowest BCUT2D eigenvalue weighted by molar-refractivity contribution is 0.619. The first-order chi connectivity index (χ1) is 10.2. The van der Waals surface area contributed by atoms with Gasteiger partial charge in [0.05, 0.1) is 5.69 Å². The van der Waals surface area contributed by atoms with Gasteiger partial charge in [-0.15, -0.1) is 0 Å². The molecule has 0 fully saturated rings. The highest BCUT2D eigenvalue weighted by molar-refractivity contribution is 5.42. The number of rotatable bonds is 4. The van der Waals surface area contributed by atoms with Crippen LogP contribution in [0.25, 0.3) is 5.69 Å². The van der Waals surface area contributed by atoms with Crippen molar-refractivity contribution in [2.24, 2.45) is 0 Å². The lowest BCUT2D eigenvalue weighted by atomic mass is 10.0. The van der Waals surface area contributed by atoms with E-state index in [-0.39, 0.29) is 0 Å². The van der Waals surface area contributed by atoms with Crippen LogP contribution < -0.4 is 5.32 Å². The van der Waals surface area contributed by atoms with Gasteiger partial charge >= 0.3 is 0 Å². The van der Waals surface area contributed by atoms with Crippen LogP contribution >= 0.6 is 0 Å². The molecular weight excluding hydrogens is 258 g/mol. The van der Waals surface area contributed by atoms with E-state index in [9.17, 15) is 0 Å². The molecule has 0 saturated carbocycles. The van der Waals surface area contributed by atoms with Crippen LogP contribution in [-0.4, -0.2) is 16.1 Å². The second kappa shape index (κ2) is 6.02. The molecule has 3 nitrogen and oxygen atoms in total. The molecule has 1 N–H and O–H groups in total. The van der Waals surface area contributed by atoms with Crippen LogP contribution in [0.4, 0.5) is 0 Å². The van der Waals surface area contributed by atoms with Crippen molar-refractivity contribution in [3.63, 3.8) is 0 Å². The molecule has 1 aliphatic rings. The van der Waals surface area contributed by atoms with Crippen LogP contribution in [0, 0.1) is 0 Å². The first-order valence-corrected chi connectivity index (χ1v) is 8.11. The van der Waals surface area contributed by atoms with Crippen LogP contribution in [0.5, 0.6) is 0 Å². The van der Waals surface area contributed by atoms with Gasteiger partial charge in [0.1, 0.15) is 5.82 Å². The van der Waals surface area contributed by atoms with E-state index in [4.69, 9.17) is 4.98 Å². The fourth-order valence-corrected chi connectivity index (χ4v) is 3.09. The second-order valence-electron chi connectivity index (χ2n) is 6.18. The lowest BCUT2D eigenvalue weighted by Crippen LogP contribution is -2.24. The molecule has 0 unspecified atom stereocenters. The normalized spacial score (nSPS) is 14.5. The van der Waals surface area contributed by atoms with Crippen molar-refractivity contribution in [3.05, 3.63) is 47.0 Å². The van der Waals surface area contributed by atoms with Crippen molar-refractivity contribution in [2.75, 3.05) is 6.54 Å². The van der Waals surface area contributed by atoms with Crippen LogP contribution in [-0.2, 0) is 19.4 Å². The summed E-state index contributed by atoms with van der Waals surface area (Å²) in [6.45, 7) is 8.68. The molecule has 0 bridgehead atoms. The summed E-state index contributed by atoms with van der Waals surface area (Å²) >= 11 is 0. The molecule has 3 heteroatoms. The smallest absolute Gasteiger partial charge is 0.113 e. The van der Waals surface area contributed by atoms with Gasteiger partial charge in [-0.3, -0.25) is 0 Å². The largest absolute Gasteiger partial charge is 0.311 e. The highest BCUT2D eigenvalue weighted by atomic mass is 15.1. The SMILES string of the molecule is CCCc1nc2c(n1-c1cccc(C(C)C)c1)CCNC2. The summed E-state index contributed by atoms with van der Waals surface area (Å²) in [7, 11) is 0. The zero-order valence-corrected chi connectivity index (χ0v) is 13.3. The maximum Gasteiger partial charge on any atom is 0.113 e. The predicted molar refractivity (Wildman–Crippen MR) is 87.1 cm³/mol. The second-order valence-corrected chi connectivity index (χ2v) is 6.18. The predicted octanol–water partition coefficient (Wildman–Crippen LogP) is 3.59. The molecule has 1 aromatic heterocycles. The molecular formula is C18H25N3. The van der Waals surface area contributed by atoms with Crippen molar-refractivity contribution >= 4 is 0 Å². The summed E-state index contributed by atoms with van der Waals surface area (Å²) in [4.78, 5) is 4.89. The van der Waals surface area contributed by atoms with E-state index in [1.54, 1.807) is 0 Å². The number of imidazole rings is 1. The Bertz CT molecular complexity index is 625. The Labute approximate surface area is 127 Å². The van der Waals surface area contributed by atoms with E-state index < -0.39 is 0 Å². The van der Waals surface area contributed by atoms with Crippen molar-refractivity contribution in [2.45, 2.75) is 52.5 Å². The van der Waals surface area contributed by atoms with Gasteiger partial charge in [-0.2, -0.15) is 0 Å². The van der Waals surface area contributed by atoms with Crippen LogP contribution in [0.2, 0.25) is 0 Å². The van der Waals surface area contributed by atoms with Crippen molar-refractivity contribution in [1.29, 1.82) is 0 Å². The van der Waals surface area contributed by atoms with Gasteiger partial charge in [0, 0.05) is 37.3 Å². The Balaban J connectivity index is 2.11. The number of aromatic nitrogens is 2. The number of nitrogens with zero attached hydrogens (tertiary/aromatic N) is 2. The van der Waals surface area contributed by atoms with Gasteiger partial charge in [-0.1, -0.05) is 32.9 Å². The van der Waals surface area contributed by atoms with E-state index in [0.29, 0.717) is 5.92 Å². The van der Waals surface area contributed by atoms with E-state index >= 15 is 0 Å². The van der Waals surface area contributed by atoms with E-state index in [2.05, 4.69) is 54.9 Å². The fourth-order valence-electron chi connectivity index (χ4n) is 3.09. The third-order valence-electron chi connectivity index (χ3n) is 4.22. The molecule has 0 atom stereocenters. The van der Waals surface area contributed by atoms with E-state index in [1.165, 1.54) is 28.5 Å². The summed E-state index contributed by atoms with van der Waals surface area (Å²) in [5, 5.41) is 3.43. The molecule has 112 valence electrons. The zero-order chi connectivity index (χ0) is 14.8. The quantitative estimate of drug-likeness (QED) is 0.929. The summed E-state index contributed by atoms with van der Waals surface area (Å²) < 4.78 is 2.41. The highest BCUT2D eigenvalue weighted by Gasteiger charge is 2.20. The van der Waals surface area contributed by atoms with Crippen molar-refractivity contribution in [1.82, 2.24) is 14.9 Å². The summed E-state index contributed by atoms with van der Waals surface area (Å²) in [5.41, 5.74) is 5.31. The molecule has 1 aliphatic heterocycles. The first kappa shape index (κ1) is 14.3. The molecule has 0 aliphatic carbocycles. The lowest BCUT2D eigenvalue weighted by Gasteiger charge is -2.17. The van der Waals surface area contributed by atoms with Crippen LogP contribution in [0.3, 0.4) is 0 Å². The van der Waals surface area contributed by atoms with Gasteiger partial charge in [-0.25, -0.2) is 4.98 Å². The van der Waals surface area contributed by atoms with Crippen molar-refractivity contribution < 1.29 is 0 Å². The Morgan fingerprint density at radius 2 is 2.19 bits per heavy atom. The average Bonchev–Trinajstić information content (AvgIpc) is 2.85. The Morgan fingerprint density at radius 1 is 1.33 bits per heavy atom. The molecule has 0 radical (unpaired) electrons. The molecule has 2 heterocycles. The number of aryl methyl sites for hydroxylation is 1. The third kappa shape index (κ3) is 2.75. The zero-order valence-electron chi connectivity index (χ0n) is 13.3. The topological polar surface area (TPSA) is 29.9 Å². The highest BCUT2D eigenvalue weighted by Crippen LogP contribution is 2.25. The molecule has 0 spiro atoms. The van der Waals surface area contributed by atoms with Gasteiger partial charge in [0.15, 0.2) is 0 Å². The first-order valence-electron chi connectivity index (χ1n) is 8.11. The van der Waals surface area contributed by atoms with Crippen LogP contribution in [0.1, 0.15) is 55.9 Å². The Morgan fingerprint density at radius 3 is 2.95 bits per heavy atom. The monoisotopic (exact) mass is 283 g/mol. The summed E-state index contributed by atoms with van der Waals surface area (Å²) in [6.07, 6.45) is 3.24. The standard InChI is InChI=1S/C18H25N3/c1-4-6-18-20-16-12-19-10-9-17(16)21(18)15-8-5-7-14(11-15)13(2)3/h5,7-8,11,13,19H,4,6,9-10,12H2,1-3H3. The molecule has 3 rings (SSSR count). The molecule has 0 amide bonds. The van der Waals surface area contributed by atoms with Gasteiger partial charge in [0.2, 0.25) is 0 Å². The number of benzene rings is 1. The molecule has 2 aromatic rings. The minimum atomic E-state index is 0.556. The summed E-state index contributed by atoms with van der Waals surface area (Å²) in [6, 6.07) is 8.94. The molecule has 21 heavy (non-hydrogen) atoms. The minimum absolute atomic E-state index is 0.556. The van der Waals surface area contributed by atoms with E-state index in [1.807, 2.05) is 0 Å². The molecule has 1 aromatic carbocycles. The Kier molecular flexibility index (Phi) is 4.11. The van der Waals surface area contributed by atoms with Gasteiger partial charge < -0.3 is 9.88 Å². The van der Waals surface area contributed by atoms with Gasteiger partial charge in [0.25, 0.3) is 0 Å². The number of hydrogen-bond acceptors (Lipinski definition) is 2. The third-order valence-corrected chi connectivity index (χ3v) is 4.22. The average molecular weight is 283 g/mol. The Hall–Kier alpha value is -1.61. The minimum Gasteiger partial charge on any atom is -0.311 e. The maximum absolute atomic E-state index is 4.89. The van der Waals surface area contributed by atoms with Crippen LogP contribution in [0.15, 0.2) is 24.3 Å². The number of hydrogen-bond donors (Lipinski definition) is 1.